The summed E-state index contributed by atoms with van der Waals surface area (Å²) in [5.74, 6) is -3.01. The van der Waals surface area contributed by atoms with Crippen molar-refractivity contribution in [3.63, 3.8) is 0 Å². The molecule has 1 fully saturated rings. The maximum absolute atomic E-state index is 14.3. The Bertz CT molecular complexity index is 778. The molecule has 1 saturated heterocycles. The lowest BCUT2D eigenvalue weighted by molar-refractivity contribution is -0.212. The number of rotatable bonds is 2. The van der Waals surface area contributed by atoms with Crippen LogP contribution >= 0.6 is 0 Å². The average molecular weight is 310 g/mol. The van der Waals surface area contributed by atoms with Gasteiger partial charge in [0.15, 0.2) is 11.5 Å². The molecule has 0 radical (unpaired) electrons. The minimum Gasteiger partial charge on any atom is -0.390 e. The lowest BCUT2D eigenvalue weighted by Gasteiger charge is -2.24. The zero-order chi connectivity index (χ0) is 16.1. The third kappa shape index (κ3) is 1.63. The lowest BCUT2D eigenvalue weighted by Crippen LogP contribution is -2.43. The number of hydrogen-bond donors (Lipinski definition) is 4. The Labute approximate surface area is 122 Å². The van der Waals surface area contributed by atoms with Crippen LogP contribution in [0.3, 0.4) is 0 Å². The molecule has 0 saturated carbocycles. The fraction of sp³-hybridized carbons (Fsp3) is 0.455. The molecular formula is C11H11FN6O4. The summed E-state index contributed by atoms with van der Waals surface area (Å²) in [4.78, 5) is 7.60. The first-order chi connectivity index (χ1) is 10.4. The normalized spacial score (nSPS) is 34.9. The number of nitriles is 1. The van der Waals surface area contributed by atoms with Crippen LogP contribution in [0.4, 0.5) is 10.2 Å². The molecule has 3 heterocycles. The number of nitrogens with two attached hydrogens (primary N) is 1. The smallest absolute Gasteiger partial charge is 0.263 e. The van der Waals surface area contributed by atoms with Crippen LogP contribution in [0.1, 0.15) is 5.69 Å². The highest BCUT2D eigenvalue weighted by Crippen LogP contribution is 2.45. The first-order valence-electron chi connectivity index (χ1n) is 6.11. The molecule has 10 nitrogen and oxygen atoms in total. The van der Waals surface area contributed by atoms with Crippen LogP contribution in [0.5, 0.6) is 0 Å². The van der Waals surface area contributed by atoms with E-state index < -0.39 is 30.3 Å². The highest BCUT2D eigenvalue weighted by molar-refractivity contribution is 5.59. The summed E-state index contributed by atoms with van der Waals surface area (Å²) in [5.41, 5.74) is 3.20. The van der Waals surface area contributed by atoms with Crippen LogP contribution in [0.15, 0.2) is 12.5 Å². The minimum absolute atomic E-state index is 0.00366. The van der Waals surface area contributed by atoms with Crippen molar-refractivity contribution in [1.82, 2.24) is 19.6 Å². The number of alkyl halides is 1. The van der Waals surface area contributed by atoms with Crippen molar-refractivity contribution in [2.75, 3.05) is 12.3 Å². The topological polar surface area (TPSA) is 163 Å². The summed E-state index contributed by atoms with van der Waals surface area (Å²) >= 11 is 0. The van der Waals surface area contributed by atoms with Gasteiger partial charge in [0.2, 0.25) is 5.60 Å². The van der Waals surface area contributed by atoms with E-state index in [0.717, 1.165) is 17.0 Å². The molecule has 3 rings (SSSR count). The van der Waals surface area contributed by atoms with Crippen molar-refractivity contribution in [2.45, 2.75) is 23.7 Å². The van der Waals surface area contributed by atoms with Crippen molar-refractivity contribution in [1.29, 1.82) is 5.26 Å². The van der Waals surface area contributed by atoms with Gasteiger partial charge in [-0.3, -0.25) is 0 Å². The Kier molecular flexibility index (Phi) is 3.01. The third-order valence-corrected chi connectivity index (χ3v) is 3.58. The van der Waals surface area contributed by atoms with E-state index in [2.05, 4.69) is 15.1 Å². The Morgan fingerprint density at radius 2 is 2.18 bits per heavy atom. The number of anilines is 1. The molecule has 2 aromatic rings. The number of imidazole rings is 1. The van der Waals surface area contributed by atoms with Crippen LogP contribution in [-0.4, -0.2) is 59.6 Å². The Hall–Kier alpha value is -2.39. The number of ether oxygens (including phenoxy) is 1. The molecule has 0 bridgehead atoms. The molecule has 1 aliphatic rings. The molecule has 5 N–H and O–H groups in total. The zero-order valence-corrected chi connectivity index (χ0v) is 11.0. The molecule has 0 amide bonds. The third-order valence-electron chi connectivity index (χ3n) is 3.58. The number of halogens is 1. The van der Waals surface area contributed by atoms with Crippen molar-refractivity contribution >= 4 is 11.5 Å². The van der Waals surface area contributed by atoms with Gasteiger partial charge in [-0.2, -0.15) is 10.4 Å². The summed E-state index contributed by atoms with van der Waals surface area (Å²) in [5, 5.41) is 42.2. The molecule has 1 aliphatic heterocycles. The second kappa shape index (κ2) is 4.55. The molecule has 116 valence electrons. The quantitative estimate of drug-likeness (QED) is 0.483. The van der Waals surface area contributed by atoms with E-state index in [9.17, 15) is 19.9 Å². The predicted octanol–water partition coefficient (Wildman–Crippen LogP) is -2.16. The fourth-order valence-corrected chi connectivity index (χ4v) is 2.41. The van der Waals surface area contributed by atoms with E-state index in [1.165, 1.54) is 0 Å². The minimum atomic E-state index is -3.00. The van der Waals surface area contributed by atoms with E-state index in [1.54, 1.807) is 6.07 Å². The Morgan fingerprint density at radius 1 is 1.45 bits per heavy atom. The van der Waals surface area contributed by atoms with E-state index >= 15 is 0 Å². The monoisotopic (exact) mass is 310 g/mol. The number of fused-ring (bicyclic) bond motifs is 1. The predicted molar refractivity (Wildman–Crippen MR) is 66.5 cm³/mol. The van der Waals surface area contributed by atoms with Crippen LogP contribution in [0.2, 0.25) is 0 Å². The zero-order valence-electron chi connectivity index (χ0n) is 11.0. The average Bonchev–Trinajstić information content (AvgIpc) is 3.03. The van der Waals surface area contributed by atoms with Crippen LogP contribution in [0, 0.1) is 11.3 Å². The second-order valence-corrected chi connectivity index (χ2v) is 4.81. The molecule has 0 aromatic carbocycles. The Balaban J connectivity index is 2.23. The van der Waals surface area contributed by atoms with Crippen molar-refractivity contribution in [3.8, 4) is 6.07 Å². The van der Waals surface area contributed by atoms with Crippen molar-refractivity contribution in [3.05, 3.63) is 18.2 Å². The van der Waals surface area contributed by atoms with Gasteiger partial charge in [-0.1, -0.05) is 0 Å². The van der Waals surface area contributed by atoms with E-state index in [4.69, 9.17) is 15.6 Å². The standard InChI is InChI=1S/C11H11FN6O4/c12-11(3-19)7(21)6(20)10(2-13,22-11)5-1-15-9-8(14)16-4-17-18(5)9/h1,4,6-7,19-21H,3H2,(H2,14,16,17)/t6-,7+,10+,11-/m1/s1. The molecule has 0 spiro atoms. The van der Waals surface area contributed by atoms with Gasteiger partial charge in [-0.15, -0.1) is 0 Å². The van der Waals surface area contributed by atoms with E-state index in [0.29, 0.717) is 0 Å². The summed E-state index contributed by atoms with van der Waals surface area (Å²) in [6.07, 6.45) is -1.94. The first-order valence-corrected chi connectivity index (χ1v) is 6.11. The summed E-state index contributed by atoms with van der Waals surface area (Å²) in [7, 11) is 0. The van der Waals surface area contributed by atoms with Crippen molar-refractivity contribution < 1.29 is 24.4 Å². The van der Waals surface area contributed by atoms with Gasteiger partial charge in [0.25, 0.3) is 5.85 Å². The number of aliphatic hydroxyl groups is 3. The molecule has 4 atom stereocenters. The second-order valence-electron chi connectivity index (χ2n) is 4.81. The lowest BCUT2D eigenvalue weighted by atomic mass is 9.92. The highest BCUT2D eigenvalue weighted by Gasteiger charge is 2.65. The molecule has 2 aromatic heterocycles. The van der Waals surface area contributed by atoms with Gasteiger partial charge in [-0.25, -0.2) is 18.9 Å². The molecule has 11 heteroatoms. The van der Waals surface area contributed by atoms with E-state index in [-0.39, 0.29) is 17.2 Å². The maximum Gasteiger partial charge on any atom is 0.263 e. The van der Waals surface area contributed by atoms with Crippen LogP contribution < -0.4 is 5.73 Å². The van der Waals surface area contributed by atoms with Crippen LogP contribution in [-0.2, 0) is 10.3 Å². The number of aromatic nitrogens is 4. The molecule has 0 unspecified atom stereocenters. The maximum atomic E-state index is 14.3. The number of aliphatic hydroxyl groups excluding tert-OH is 3. The van der Waals surface area contributed by atoms with Gasteiger partial charge in [-0.05, 0) is 0 Å². The van der Waals surface area contributed by atoms with E-state index in [1.807, 2.05) is 0 Å². The highest BCUT2D eigenvalue weighted by atomic mass is 19.2. The van der Waals surface area contributed by atoms with Gasteiger partial charge in [0, 0.05) is 0 Å². The van der Waals surface area contributed by atoms with Gasteiger partial charge >= 0.3 is 0 Å². The summed E-state index contributed by atoms with van der Waals surface area (Å²) < 4.78 is 20.3. The Morgan fingerprint density at radius 3 is 2.77 bits per heavy atom. The first kappa shape index (κ1) is 14.5. The fourth-order valence-electron chi connectivity index (χ4n) is 2.41. The summed E-state index contributed by atoms with van der Waals surface area (Å²) in [6.45, 7) is -1.25. The van der Waals surface area contributed by atoms with Gasteiger partial charge < -0.3 is 25.8 Å². The molecule has 0 aliphatic carbocycles. The van der Waals surface area contributed by atoms with Gasteiger partial charge in [0.1, 0.15) is 36.9 Å². The van der Waals surface area contributed by atoms with Crippen LogP contribution in [0.25, 0.3) is 5.65 Å². The number of nitrogen functional groups attached to an aromatic ring is 1. The molecule has 22 heavy (non-hydrogen) atoms. The largest absolute Gasteiger partial charge is 0.390 e. The SMILES string of the molecule is N#C[C@@]1(c2cnc3c(N)ncnn23)O[C@](F)(CO)[C@@H](O)[C@H]1O. The van der Waals surface area contributed by atoms with Gasteiger partial charge in [0.05, 0.1) is 6.20 Å². The number of nitrogens with zero attached hydrogens (tertiary/aromatic N) is 5. The number of hydrogen-bond acceptors (Lipinski definition) is 9. The molecular weight excluding hydrogens is 299 g/mol. The van der Waals surface area contributed by atoms with Crippen molar-refractivity contribution in [2.24, 2.45) is 0 Å². The summed E-state index contributed by atoms with van der Waals surface area (Å²) in [6, 6.07) is 1.62.